The van der Waals surface area contributed by atoms with Crippen molar-refractivity contribution in [1.29, 1.82) is 0 Å². The van der Waals surface area contributed by atoms with Crippen LogP contribution in [-0.4, -0.2) is 13.3 Å². The molecule has 1 aromatic heterocycles. The summed E-state index contributed by atoms with van der Waals surface area (Å²) in [6, 6.07) is 0. The van der Waals surface area contributed by atoms with Gasteiger partial charge in [0.15, 0.2) is 9.84 Å². The van der Waals surface area contributed by atoms with Gasteiger partial charge >= 0.3 is 5.88 Å². The van der Waals surface area contributed by atoms with Crippen LogP contribution in [0.3, 0.4) is 0 Å². The molecule has 0 unspecified atom stereocenters. The molecule has 6 nitrogen and oxygen atoms in total. The van der Waals surface area contributed by atoms with Gasteiger partial charge in [-0.15, -0.1) is 0 Å². The molecular weight excluding hydrogens is 198 g/mol. The predicted molar refractivity (Wildman–Crippen MR) is 41.7 cm³/mol. The van der Waals surface area contributed by atoms with Crippen LogP contribution in [0.4, 0.5) is 5.88 Å². The van der Waals surface area contributed by atoms with E-state index in [1.54, 1.807) is 0 Å². The molecule has 0 saturated carbocycles. The maximum Gasteiger partial charge on any atom is 0.437 e. The van der Waals surface area contributed by atoms with Gasteiger partial charge < -0.3 is 4.42 Å². The van der Waals surface area contributed by atoms with E-state index in [4.69, 9.17) is 0 Å². The minimum Gasteiger partial charge on any atom is -0.409 e. The van der Waals surface area contributed by atoms with Crippen molar-refractivity contribution in [1.82, 2.24) is 0 Å². The molecule has 13 heavy (non-hydrogen) atoms. The molecule has 1 aliphatic rings. The summed E-state index contributed by atoms with van der Waals surface area (Å²) in [6.45, 7) is 0. The smallest absolute Gasteiger partial charge is 0.409 e. The number of nitro groups is 1. The predicted octanol–water partition coefficient (Wildman–Crippen LogP) is 0.616. The van der Waals surface area contributed by atoms with Crippen LogP contribution in [0, 0.1) is 10.1 Å². The molecule has 0 bridgehead atoms. The molecular formula is C6H5NO5S. The van der Waals surface area contributed by atoms with Gasteiger partial charge in [-0.25, -0.2) is 8.42 Å². The zero-order valence-corrected chi connectivity index (χ0v) is 7.20. The van der Waals surface area contributed by atoms with Gasteiger partial charge in [0.25, 0.3) is 0 Å². The first kappa shape index (κ1) is 8.24. The summed E-state index contributed by atoms with van der Waals surface area (Å²) >= 11 is 0. The molecule has 0 N–H and O–H groups in total. The van der Waals surface area contributed by atoms with E-state index in [0.717, 1.165) is 6.26 Å². The number of rotatable bonds is 1. The third kappa shape index (κ3) is 1.21. The summed E-state index contributed by atoms with van der Waals surface area (Å²) in [5.74, 6) is -0.884. The van der Waals surface area contributed by atoms with Crippen LogP contribution in [-0.2, 0) is 21.3 Å². The van der Waals surface area contributed by atoms with Crippen LogP contribution in [0.25, 0.3) is 0 Å². The second kappa shape index (κ2) is 2.32. The van der Waals surface area contributed by atoms with Crippen molar-refractivity contribution in [3.8, 4) is 0 Å². The van der Waals surface area contributed by atoms with E-state index in [1.165, 1.54) is 0 Å². The van der Waals surface area contributed by atoms with Crippen LogP contribution >= 0.6 is 0 Å². The molecule has 1 aromatic rings. The van der Waals surface area contributed by atoms with Crippen LogP contribution in [0.5, 0.6) is 0 Å². The van der Waals surface area contributed by atoms with E-state index in [0.29, 0.717) is 5.56 Å². The standard InChI is InChI=1S/C6H5NO5S/c8-7(9)6-5-3-13(10,11)2-4(5)1-12-6/h1H,2-3H2. The van der Waals surface area contributed by atoms with Gasteiger partial charge in [-0.05, 0) is 0 Å². The first-order chi connectivity index (χ1) is 5.99. The number of furan rings is 1. The van der Waals surface area contributed by atoms with Crippen molar-refractivity contribution < 1.29 is 17.8 Å². The lowest BCUT2D eigenvalue weighted by Gasteiger charge is -1.88. The summed E-state index contributed by atoms with van der Waals surface area (Å²) in [5, 5.41) is 10.3. The van der Waals surface area contributed by atoms with E-state index < -0.39 is 20.6 Å². The number of sulfone groups is 1. The van der Waals surface area contributed by atoms with Crippen molar-refractivity contribution in [2.45, 2.75) is 11.5 Å². The van der Waals surface area contributed by atoms with Gasteiger partial charge in [0.05, 0.1) is 17.1 Å². The third-order valence-electron chi connectivity index (χ3n) is 1.86. The summed E-state index contributed by atoms with van der Waals surface area (Å²) in [6.07, 6.45) is 1.14. The van der Waals surface area contributed by atoms with Gasteiger partial charge in [0.2, 0.25) is 0 Å². The Bertz CT molecular complexity index is 471. The Morgan fingerprint density at radius 1 is 1.46 bits per heavy atom. The van der Waals surface area contributed by atoms with E-state index in [-0.39, 0.29) is 17.1 Å². The Labute approximate surface area is 73.2 Å². The monoisotopic (exact) mass is 203 g/mol. The number of hydrogen-bond donors (Lipinski definition) is 0. The van der Waals surface area contributed by atoms with Gasteiger partial charge in [-0.2, -0.15) is 0 Å². The second-order valence-electron chi connectivity index (χ2n) is 2.83. The van der Waals surface area contributed by atoms with Gasteiger partial charge in [0, 0.05) is 5.56 Å². The largest absolute Gasteiger partial charge is 0.437 e. The SMILES string of the molecule is O=[N+]([O-])c1occ2c1CS(=O)(=O)C2. The third-order valence-corrected chi connectivity index (χ3v) is 3.34. The summed E-state index contributed by atoms with van der Waals surface area (Å²) in [5.41, 5.74) is 0.608. The fraction of sp³-hybridized carbons (Fsp3) is 0.333. The van der Waals surface area contributed by atoms with Gasteiger partial charge in [-0.3, -0.25) is 10.1 Å². The molecule has 0 fully saturated rings. The minimum atomic E-state index is -3.18. The molecule has 2 heterocycles. The molecule has 2 rings (SSSR count). The lowest BCUT2D eigenvalue weighted by Crippen LogP contribution is -1.97. The first-order valence-corrected chi connectivity index (χ1v) is 5.26. The average Bonchev–Trinajstić information content (AvgIpc) is 2.41. The highest BCUT2D eigenvalue weighted by atomic mass is 32.2. The summed E-state index contributed by atoms with van der Waals surface area (Å²) < 4.78 is 26.7. The minimum absolute atomic E-state index is 0.153. The van der Waals surface area contributed by atoms with Crippen molar-refractivity contribution in [3.05, 3.63) is 27.5 Å². The molecule has 0 aliphatic carbocycles. The Kier molecular flexibility index (Phi) is 1.47. The van der Waals surface area contributed by atoms with Crippen LogP contribution in [0.15, 0.2) is 10.7 Å². The summed E-state index contributed by atoms with van der Waals surface area (Å²) in [4.78, 5) is 9.64. The summed E-state index contributed by atoms with van der Waals surface area (Å²) in [7, 11) is -3.18. The van der Waals surface area contributed by atoms with E-state index in [1.807, 2.05) is 0 Å². The topological polar surface area (TPSA) is 90.4 Å². The van der Waals surface area contributed by atoms with Crippen molar-refractivity contribution in [2.75, 3.05) is 0 Å². The Morgan fingerprint density at radius 2 is 2.15 bits per heavy atom. The zero-order valence-electron chi connectivity index (χ0n) is 6.39. The maximum absolute atomic E-state index is 11.1. The fourth-order valence-electron chi connectivity index (χ4n) is 1.34. The quantitative estimate of drug-likeness (QED) is 0.492. The molecule has 1 aliphatic heterocycles. The molecule has 0 atom stereocenters. The molecule has 0 radical (unpaired) electrons. The average molecular weight is 203 g/mol. The number of hydrogen-bond acceptors (Lipinski definition) is 5. The highest BCUT2D eigenvalue weighted by molar-refractivity contribution is 7.90. The highest BCUT2D eigenvalue weighted by Crippen LogP contribution is 2.33. The lowest BCUT2D eigenvalue weighted by atomic mass is 10.2. The van der Waals surface area contributed by atoms with Crippen molar-refractivity contribution in [2.24, 2.45) is 0 Å². The van der Waals surface area contributed by atoms with Crippen LogP contribution < -0.4 is 0 Å². The Hall–Kier alpha value is -1.37. The molecule has 0 amide bonds. The first-order valence-electron chi connectivity index (χ1n) is 3.44. The molecule has 0 spiro atoms. The number of fused-ring (bicyclic) bond motifs is 1. The molecule has 70 valence electrons. The molecule has 0 aromatic carbocycles. The van der Waals surface area contributed by atoms with E-state index >= 15 is 0 Å². The molecule has 0 saturated heterocycles. The lowest BCUT2D eigenvalue weighted by molar-refractivity contribution is -0.402. The second-order valence-corrected chi connectivity index (χ2v) is 4.90. The van der Waals surface area contributed by atoms with E-state index in [9.17, 15) is 18.5 Å². The van der Waals surface area contributed by atoms with Crippen LogP contribution in [0.2, 0.25) is 0 Å². The van der Waals surface area contributed by atoms with Gasteiger partial charge in [0.1, 0.15) is 11.2 Å². The molecule has 7 heteroatoms. The number of nitrogens with zero attached hydrogens (tertiary/aromatic N) is 1. The zero-order chi connectivity index (χ0) is 9.64. The van der Waals surface area contributed by atoms with Crippen LogP contribution in [0.1, 0.15) is 11.1 Å². The fourth-order valence-corrected chi connectivity index (χ4v) is 2.91. The van der Waals surface area contributed by atoms with E-state index in [2.05, 4.69) is 4.42 Å². The maximum atomic E-state index is 11.1. The van der Waals surface area contributed by atoms with Crippen molar-refractivity contribution in [3.63, 3.8) is 0 Å². The van der Waals surface area contributed by atoms with Crippen molar-refractivity contribution >= 4 is 15.7 Å². The Morgan fingerprint density at radius 3 is 2.77 bits per heavy atom. The van der Waals surface area contributed by atoms with Gasteiger partial charge in [-0.1, -0.05) is 0 Å². The normalized spacial score (nSPS) is 18.5. The highest BCUT2D eigenvalue weighted by Gasteiger charge is 2.35. The Balaban J connectivity index is 2.55.